The maximum atomic E-state index is 12.3. The summed E-state index contributed by atoms with van der Waals surface area (Å²) in [5.41, 5.74) is 6.57. The minimum absolute atomic E-state index is 0. The molecule has 0 aliphatic heterocycles. The van der Waals surface area contributed by atoms with E-state index in [0.717, 1.165) is 25.7 Å². The Kier molecular flexibility index (Phi) is 12.0. The van der Waals surface area contributed by atoms with Crippen LogP contribution >= 0.6 is 0 Å². The Morgan fingerprint density at radius 3 is 1.09 bits per heavy atom. The summed E-state index contributed by atoms with van der Waals surface area (Å²) in [7, 11) is 0. The van der Waals surface area contributed by atoms with Crippen LogP contribution in [0.1, 0.15) is 151 Å². The molecule has 6 nitrogen and oxygen atoms in total. The molecule has 4 rings (SSSR count). The van der Waals surface area contributed by atoms with Crippen LogP contribution in [0.25, 0.3) is 0 Å². The molecule has 0 saturated carbocycles. The van der Waals surface area contributed by atoms with E-state index in [1.54, 1.807) is 0 Å². The number of hydrogen-bond acceptors (Lipinski definition) is 6. The van der Waals surface area contributed by atoms with E-state index < -0.39 is 23.8 Å². The van der Waals surface area contributed by atoms with Gasteiger partial charge in [-0.2, -0.15) is 0 Å². The first-order valence-electron chi connectivity index (χ1n) is 15.9. The first-order chi connectivity index (χ1) is 20.1. The molecule has 2 unspecified atom stereocenters. The van der Waals surface area contributed by atoms with E-state index >= 15 is 0 Å². The Hall–Kier alpha value is -2.66. The summed E-state index contributed by atoms with van der Waals surface area (Å²) >= 11 is 0. The molecule has 0 aromatic heterocycles. The fourth-order valence-corrected chi connectivity index (χ4v) is 6.48. The second-order valence-electron chi connectivity index (χ2n) is 15.8. The van der Waals surface area contributed by atoms with Gasteiger partial charge >= 0.3 is 19.5 Å². The average molecular weight is 668 g/mol. The van der Waals surface area contributed by atoms with Crippen LogP contribution in [0.3, 0.4) is 0 Å². The normalized spacial score (nSPS) is 19.6. The number of carbonyl (C=O) groups is 4. The van der Waals surface area contributed by atoms with Gasteiger partial charge in [-0.05, 0) is 81.7 Å². The van der Waals surface area contributed by atoms with Gasteiger partial charge in [0.2, 0.25) is 0 Å². The number of Topliss-reactive ketones (excluding diaryl/α,β-unsaturated/α-hetero) is 2. The standard InChI is InChI=1S/2C19H26O3.Zn/c2*1-12(17(21)22)10-16(20)13-6-7-14-15(11-13)19(4,5)9-8-18(14,2)3;/h2*6-7,11-12H,8-10H2,1-5H3,(H,21,22);/q;;+2/p-2. The summed E-state index contributed by atoms with van der Waals surface area (Å²) in [5.74, 6) is -4.11. The van der Waals surface area contributed by atoms with Crippen LogP contribution in [0.4, 0.5) is 0 Å². The molecule has 2 aliphatic rings. The van der Waals surface area contributed by atoms with Crippen LogP contribution < -0.4 is 10.2 Å². The van der Waals surface area contributed by atoms with Crippen molar-refractivity contribution in [2.75, 3.05) is 0 Å². The zero-order chi connectivity index (χ0) is 33.4. The molecule has 2 aromatic carbocycles. The third-order valence-electron chi connectivity index (χ3n) is 10.1. The van der Waals surface area contributed by atoms with Crippen molar-refractivity contribution < 1.29 is 48.9 Å². The third kappa shape index (κ3) is 8.79. The minimum atomic E-state index is -1.17. The fourth-order valence-electron chi connectivity index (χ4n) is 6.48. The molecule has 45 heavy (non-hydrogen) atoms. The van der Waals surface area contributed by atoms with E-state index in [1.165, 1.54) is 36.1 Å². The molecule has 0 amide bonds. The summed E-state index contributed by atoms with van der Waals surface area (Å²) in [5, 5.41) is 21.6. The summed E-state index contributed by atoms with van der Waals surface area (Å²) < 4.78 is 0. The van der Waals surface area contributed by atoms with Gasteiger partial charge in [0, 0.05) is 47.7 Å². The summed E-state index contributed by atoms with van der Waals surface area (Å²) in [6.07, 6.45) is 4.40. The van der Waals surface area contributed by atoms with Gasteiger partial charge in [0.05, 0.1) is 0 Å². The largest absolute Gasteiger partial charge is 2.00 e. The van der Waals surface area contributed by atoms with Crippen molar-refractivity contribution in [3.05, 3.63) is 69.8 Å². The van der Waals surface area contributed by atoms with Gasteiger partial charge in [-0.25, -0.2) is 0 Å². The van der Waals surface area contributed by atoms with E-state index in [2.05, 4.69) is 55.4 Å². The van der Waals surface area contributed by atoms with E-state index in [-0.39, 0.29) is 65.5 Å². The molecule has 0 bridgehead atoms. The maximum Gasteiger partial charge on any atom is 2.00 e. The molecule has 7 heteroatoms. The predicted octanol–water partition coefficient (Wildman–Crippen LogP) is 5.99. The zero-order valence-corrected chi connectivity index (χ0v) is 32.0. The molecule has 0 N–H and O–H groups in total. The third-order valence-corrected chi connectivity index (χ3v) is 10.1. The SMILES string of the molecule is CC(CC(=O)c1ccc2c(c1)C(C)(C)CCC2(C)C)C(=O)[O-].CC(CC(=O)c1ccc2c(c1)C(C)(C)CCC2(C)C)C(=O)[O-].[Zn+2]. The van der Waals surface area contributed by atoms with Crippen molar-refractivity contribution in [3.63, 3.8) is 0 Å². The summed E-state index contributed by atoms with van der Waals surface area (Å²) in [6.45, 7) is 20.8. The van der Waals surface area contributed by atoms with Crippen LogP contribution in [0.5, 0.6) is 0 Å². The number of rotatable bonds is 8. The first kappa shape index (κ1) is 38.5. The van der Waals surface area contributed by atoms with E-state index in [4.69, 9.17) is 0 Å². The van der Waals surface area contributed by atoms with Gasteiger partial charge in [-0.1, -0.05) is 93.5 Å². The molecule has 0 heterocycles. The first-order valence-corrected chi connectivity index (χ1v) is 15.9. The number of hydrogen-bond donors (Lipinski definition) is 0. The predicted molar refractivity (Wildman–Crippen MR) is 170 cm³/mol. The number of benzene rings is 2. The van der Waals surface area contributed by atoms with E-state index in [9.17, 15) is 29.4 Å². The van der Waals surface area contributed by atoms with E-state index in [1.807, 2.05) is 36.4 Å². The zero-order valence-electron chi connectivity index (χ0n) is 29.0. The molecule has 0 spiro atoms. The number of fused-ring (bicyclic) bond motifs is 2. The Balaban J connectivity index is 0.000000307. The number of carbonyl (C=O) groups excluding carboxylic acids is 4. The second-order valence-corrected chi connectivity index (χ2v) is 15.8. The number of carboxylic acids is 2. The summed E-state index contributed by atoms with van der Waals surface area (Å²) in [6, 6.07) is 11.7. The van der Waals surface area contributed by atoms with Crippen LogP contribution in [0, 0.1) is 11.8 Å². The van der Waals surface area contributed by atoms with E-state index in [0.29, 0.717) is 11.1 Å². The van der Waals surface area contributed by atoms with Crippen molar-refractivity contribution in [3.8, 4) is 0 Å². The Morgan fingerprint density at radius 1 is 0.556 bits per heavy atom. The van der Waals surface area contributed by atoms with Crippen LogP contribution in [0.2, 0.25) is 0 Å². The van der Waals surface area contributed by atoms with Gasteiger partial charge in [0.25, 0.3) is 0 Å². The molecule has 2 aromatic rings. The maximum absolute atomic E-state index is 12.3. The van der Waals surface area contributed by atoms with Gasteiger partial charge in [-0.15, -0.1) is 0 Å². The smallest absolute Gasteiger partial charge is 0.550 e. The van der Waals surface area contributed by atoms with Crippen molar-refractivity contribution in [1.82, 2.24) is 0 Å². The average Bonchev–Trinajstić information content (AvgIpc) is 2.93. The fraction of sp³-hybridized carbons (Fsp3) is 0.579. The molecule has 0 radical (unpaired) electrons. The van der Waals surface area contributed by atoms with Crippen molar-refractivity contribution in [2.24, 2.45) is 11.8 Å². The molecule has 2 aliphatic carbocycles. The van der Waals surface area contributed by atoms with Gasteiger partial charge in [0.1, 0.15) is 0 Å². The quantitative estimate of drug-likeness (QED) is 0.253. The second kappa shape index (κ2) is 14.0. The Labute approximate surface area is 282 Å². The topological polar surface area (TPSA) is 114 Å². The molecule has 240 valence electrons. The van der Waals surface area contributed by atoms with Crippen LogP contribution in [-0.2, 0) is 50.7 Å². The van der Waals surface area contributed by atoms with Crippen LogP contribution in [0.15, 0.2) is 36.4 Å². The summed E-state index contributed by atoms with van der Waals surface area (Å²) in [4.78, 5) is 46.3. The molecule has 0 saturated heterocycles. The van der Waals surface area contributed by atoms with Gasteiger partial charge < -0.3 is 19.8 Å². The Bertz CT molecular complexity index is 1340. The van der Waals surface area contributed by atoms with Gasteiger partial charge in [-0.3, -0.25) is 9.59 Å². The number of carboxylic acid groups (broad SMARTS) is 2. The van der Waals surface area contributed by atoms with Crippen molar-refractivity contribution >= 4 is 23.5 Å². The molecule has 2 atom stereocenters. The Morgan fingerprint density at radius 2 is 0.822 bits per heavy atom. The van der Waals surface area contributed by atoms with Crippen LogP contribution in [-0.4, -0.2) is 23.5 Å². The number of aliphatic carboxylic acids is 2. The monoisotopic (exact) mass is 666 g/mol. The van der Waals surface area contributed by atoms with Crippen molar-refractivity contribution in [1.29, 1.82) is 0 Å². The molecular formula is C38H50O6Zn. The number of ketones is 2. The molecular weight excluding hydrogens is 618 g/mol. The molecule has 0 fully saturated rings. The van der Waals surface area contributed by atoms with Crippen molar-refractivity contribution in [2.45, 2.75) is 129 Å². The minimum Gasteiger partial charge on any atom is -0.550 e. The van der Waals surface area contributed by atoms with Gasteiger partial charge in [0.15, 0.2) is 11.6 Å².